The Hall–Kier alpha value is -2.21. The summed E-state index contributed by atoms with van der Waals surface area (Å²) in [6, 6.07) is 22.7. The fraction of sp³-hybridized carbons (Fsp3) is 0.746. The van der Waals surface area contributed by atoms with Gasteiger partial charge in [-0.2, -0.15) is 8.42 Å². The number of carbonyl (C=O) groups is 2. The minimum Gasteiger partial charge on any atom is -0.550 e. The Balaban J connectivity index is 0.000000306. The molecule has 0 radical (unpaired) electrons. The number of aliphatic hydroxyl groups excluding tert-OH is 2. The van der Waals surface area contributed by atoms with Crippen molar-refractivity contribution >= 4 is 22.2 Å². The summed E-state index contributed by atoms with van der Waals surface area (Å²) >= 11 is 0. The van der Waals surface area contributed by atoms with Crippen molar-refractivity contribution < 1.29 is 106 Å². The summed E-state index contributed by atoms with van der Waals surface area (Å²) in [5.41, 5.74) is 0.873. The molecule has 456 valence electrons. The predicted octanol–water partition coefficient (Wildman–Crippen LogP) is 5.62. The van der Waals surface area contributed by atoms with Gasteiger partial charge < -0.3 is 58.5 Å². The van der Waals surface area contributed by atoms with Gasteiger partial charge >= 0.3 is 40.0 Å². The third-order valence-electron chi connectivity index (χ3n) is 20.0. The molecule has 7 aliphatic heterocycles. The number of fused-ring (bicyclic) bond motifs is 2. The fourth-order valence-corrected chi connectivity index (χ4v) is 14.7. The van der Waals surface area contributed by atoms with E-state index in [1.165, 1.54) is 36.8 Å². The largest absolute Gasteiger partial charge is 1.00 e. The quantitative estimate of drug-likeness (QED) is 0.0777. The zero-order chi connectivity index (χ0) is 59.4. The van der Waals surface area contributed by atoms with E-state index >= 15 is 0 Å². The van der Waals surface area contributed by atoms with Crippen LogP contribution in [-0.2, 0) is 48.4 Å². The van der Waals surface area contributed by atoms with Gasteiger partial charge in [0.2, 0.25) is 5.79 Å². The number of hydrogen-bond acceptors (Lipinski definition) is 15. The van der Waals surface area contributed by atoms with Crippen LogP contribution in [0.3, 0.4) is 0 Å². The zero-order valence-corrected chi connectivity index (χ0v) is 53.6. The Morgan fingerprint density at radius 2 is 1.37 bits per heavy atom. The number of carboxylic acids is 1. The van der Waals surface area contributed by atoms with Gasteiger partial charge in [0, 0.05) is 54.1 Å². The number of carbonyl (C=O) groups excluding carboxylic acids is 2. The van der Waals surface area contributed by atoms with Crippen LogP contribution in [0.2, 0.25) is 0 Å². The van der Waals surface area contributed by atoms with Crippen molar-refractivity contribution in [3.63, 3.8) is 0 Å². The van der Waals surface area contributed by atoms with E-state index in [0.717, 1.165) is 6.42 Å². The van der Waals surface area contributed by atoms with Crippen molar-refractivity contribution in [1.82, 2.24) is 4.90 Å². The van der Waals surface area contributed by atoms with Crippen molar-refractivity contribution in [1.29, 1.82) is 0 Å². The molecule has 19 heteroatoms. The smallest absolute Gasteiger partial charge is 0.550 e. The van der Waals surface area contributed by atoms with E-state index in [0.29, 0.717) is 76.0 Å². The number of carboxylic acid groups (broad SMARTS) is 1. The number of ether oxygens (including phenoxy) is 6. The minimum absolute atomic E-state index is 0. The summed E-state index contributed by atoms with van der Waals surface area (Å²) in [5.74, 6) is -6.24. The zero-order valence-electron chi connectivity index (χ0n) is 50.8. The van der Waals surface area contributed by atoms with Gasteiger partial charge in [0.1, 0.15) is 18.0 Å². The number of ketones is 1. The van der Waals surface area contributed by atoms with Crippen LogP contribution in [-0.4, -0.2) is 140 Å². The molecule has 20 atom stereocenters. The van der Waals surface area contributed by atoms with Crippen LogP contribution >= 0.6 is 0 Å². The summed E-state index contributed by atoms with van der Waals surface area (Å²) < 4.78 is 71.7. The Morgan fingerprint density at radius 3 is 1.89 bits per heavy atom. The van der Waals surface area contributed by atoms with Crippen LogP contribution in [0.5, 0.6) is 0 Å². The van der Waals surface area contributed by atoms with Gasteiger partial charge in [-0.15, -0.1) is 0 Å². The summed E-state index contributed by atoms with van der Waals surface area (Å²) in [6.45, 7) is 19.5. The van der Waals surface area contributed by atoms with Crippen molar-refractivity contribution in [2.24, 2.45) is 41.4 Å². The molecule has 7 aliphatic rings. The molecule has 2 bridgehead atoms. The molecule has 7 heterocycles. The van der Waals surface area contributed by atoms with Crippen LogP contribution in [0.25, 0.3) is 0 Å². The van der Waals surface area contributed by atoms with E-state index in [1.807, 2.05) is 41.5 Å². The van der Waals surface area contributed by atoms with Crippen LogP contribution < -0.4 is 34.7 Å². The molecule has 0 aliphatic carbocycles. The molecular formula is C63H96NNaO16S. The Labute approximate surface area is 510 Å². The third-order valence-corrected chi connectivity index (χ3v) is 20.0. The molecule has 6 fully saturated rings. The molecule has 6 saturated heterocycles. The van der Waals surface area contributed by atoms with E-state index in [-0.39, 0.29) is 71.4 Å². The molecule has 2 aromatic carbocycles. The van der Waals surface area contributed by atoms with Crippen molar-refractivity contribution in [2.75, 3.05) is 7.05 Å². The van der Waals surface area contributed by atoms with E-state index in [9.17, 15) is 30.0 Å². The maximum atomic E-state index is 14.4. The molecule has 2 aromatic rings. The van der Waals surface area contributed by atoms with E-state index in [4.69, 9.17) is 45.9 Å². The van der Waals surface area contributed by atoms with Crippen LogP contribution in [0.4, 0.5) is 0 Å². The minimum atomic E-state index is -4.67. The maximum Gasteiger partial charge on any atom is 1.00 e. The Bertz CT molecular complexity index is 2450. The molecule has 5 N–H and O–H groups in total. The molecule has 82 heavy (non-hydrogen) atoms. The number of aliphatic hydroxyl groups is 3. The first-order chi connectivity index (χ1) is 38.1. The third kappa shape index (κ3) is 15.7. The van der Waals surface area contributed by atoms with Gasteiger partial charge in [0.25, 0.3) is 0 Å². The molecule has 17 nitrogen and oxygen atoms in total. The van der Waals surface area contributed by atoms with Crippen LogP contribution in [0, 0.1) is 41.4 Å². The van der Waals surface area contributed by atoms with Crippen LogP contribution in [0.1, 0.15) is 176 Å². The summed E-state index contributed by atoms with van der Waals surface area (Å²) in [4.78, 5) is 28.8. The molecule has 0 aromatic heterocycles. The molecule has 0 saturated carbocycles. The summed E-state index contributed by atoms with van der Waals surface area (Å²) in [6.07, 6.45) is 10.6. The maximum absolute atomic E-state index is 14.4. The molecule has 2 spiro atoms. The number of hydrogen-bond donors (Lipinski definition) is 5. The standard InChI is InChI=1S/C42H70O11.C21H25NO.Na.H2O4S/c1-11-29(38(46)47)31-15-14-23(4)36(50-31)27(8)34(44)26(7)35(45)30(12-2)37-24(5)22-25(6)41(51-37)19-16-32(43)42(53-41)21-20-39(10,52-42)33-17-18-40(48,13-3)28(9)49-33;1-22-18-12-13-19(22)15-20(14-18)23-21(16-8-4-2-5-9-16)17-10-6-3-7-11-17;;1-5(2,3)4/h16,19,23-34,36-37,43-44,48H,11-15,17-18,20-22H2,1-10H3,(H,46,47);2-11,18-21H,12-15H2,1H3;;(H2,1,2,3,4)/q;;+1;/p-1. The second-order valence-electron chi connectivity index (χ2n) is 25.3. The van der Waals surface area contributed by atoms with E-state index in [2.05, 4.69) is 93.4 Å². The first-order valence-corrected chi connectivity index (χ1v) is 31.6. The Morgan fingerprint density at radius 1 is 0.793 bits per heavy atom. The SMILES string of the molecule is CCC(C(=O)[O-])C1CCC(C)C(C(C)C(O)C(C)C(=O)C(CC)C2OC3(C=CC(O)C4(CCC(C)(C5CCC(O)(CC)C(C)O5)O4)O3)C(C)CC2C)O1.CN1C2CCC1CC(OC(c1ccccc1)c1ccccc1)C2.O=S(=O)(O)O.[Na+]. The summed E-state index contributed by atoms with van der Waals surface area (Å²) in [5, 5.41) is 46.0. The van der Waals surface area contributed by atoms with Gasteiger partial charge in [-0.1, -0.05) is 116 Å². The number of piperidine rings is 1. The number of Topliss-reactive ketones (excluding diaryl/α,β-unsaturated/α-hetero) is 1. The molecule has 0 amide bonds. The molecule has 9 rings (SSSR count). The van der Waals surface area contributed by atoms with Gasteiger partial charge in [-0.05, 0) is 139 Å². The summed E-state index contributed by atoms with van der Waals surface area (Å²) in [7, 11) is -2.38. The van der Waals surface area contributed by atoms with Crippen LogP contribution in [0.15, 0.2) is 72.8 Å². The van der Waals surface area contributed by atoms with Gasteiger partial charge in [-0.3, -0.25) is 13.9 Å². The van der Waals surface area contributed by atoms with Gasteiger partial charge in [-0.25, -0.2) is 0 Å². The molecular weight excluding hydrogens is 1080 g/mol. The second-order valence-corrected chi connectivity index (χ2v) is 26.2. The van der Waals surface area contributed by atoms with Gasteiger partial charge in [0.15, 0.2) is 5.79 Å². The monoisotopic (exact) mass is 1180 g/mol. The van der Waals surface area contributed by atoms with Gasteiger partial charge in [0.05, 0.1) is 53.9 Å². The second kappa shape index (κ2) is 28.7. The first-order valence-electron chi connectivity index (χ1n) is 30.2. The topological polar surface area (TPSA) is 251 Å². The van der Waals surface area contributed by atoms with Crippen molar-refractivity contribution in [3.8, 4) is 0 Å². The number of benzene rings is 2. The number of nitrogens with zero attached hydrogens (tertiary/aromatic N) is 1. The molecule has 20 unspecified atom stereocenters. The van der Waals surface area contributed by atoms with Crippen molar-refractivity contribution in [3.05, 3.63) is 83.9 Å². The van der Waals surface area contributed by atoms with E-state index in [1.54, 1.807) is 19.1 Å². The Kier molecular flexibility index (Phi) is 24.2. The average Bonchev–Trinajstić information content (AvgIpc) is 3.31. The first kappa shape index (κ1) is 68.9. The fourth-order valence-electron chi connectivity index (χ4n) is 14.7. The normalized spacial score (nSPS) is 38.3. The average molecular weight is 1180 g/mol. The van der Waals surface area contributed by atoms with E-state index < -0.39 is 93.3 Å². The predicted molar refractivity (Wildman–Crippen MR) is 304 cm³/mol. The van der Waals surface area contributed by atoms with Crippen molar-refractivity contribution in [2.45, 2.75) is 249 Å². The number of rotatable bonds is 16. The number of aliphatic carboxylic acids is 1.